The molecule has 6 nitrogen and oxygen atoms in total. The van der Waals surface area contributed by atoms with E-state index in [1.165, 1.54) is 10.0 Å². The number of amidine groups is 1. The maximum Gasteiger partial charge on any atom is 0.202 e. The number of hydrazine groups is 2. The van der Waals surface area contributed by atoms with Crippen molar-refractivity contribution in [2.24, 2.45) is 22.4 Å². The first-order chi connectivity index (χ1) is 13.1. The maximum atomic E-state index is 6.84. The number of benzene rings is 3. The van der Waals surface area contributed by atoms with E-state index in [4.69, 9.17) is 22.4 Å². The van der Waals surface area contributed by atoms with Crippen LogP contribution in [0.25, 0.3) is 0 Å². The monoisotopic (exact) mass is 358 g/mol. The molecule has 0 bridgehead atoms. The van der Waals surface area contributed by atoms with Gasteiger partial charge in [-0.1, -0.05) is 91.0 Å². The molecule has 0 saturated carbocycles. The highest BCUT2D eigenvalue weighted by atomic mass is 15.7. The molecule has 3 aromatic carbocycles. The fourth-order valence-corrected chi connectivity index (χ4v) is 3.35. The second-order valence-electron chi connectivity index (χ2n) is 6.47. The van der Waals surface area contributed by atoms with Gasteiger partial charge in [-0.3, -0.25) is 16.6 Å². The summed E-state index contributed by atoms with van der Waals surface area (Å²) in [4.78, 5) is 4.84. The summed E-state index contributed by atoms with van der Waals surface area (Å²) in [6.07, 6.45) is -0.480. The Kier molecular flexibility index (Phi) is 4.47. The van der Waals surface area contributed by atoms with Crippen LogP contribution in [0, 0.1) is 0 Å². The molecule has 2 unspecified atom stereocenters. The summed E-state index contributed by atoms with van der Waals surface area (Å²) in [6, 6.07) is 29.2. The van der Waals surface area contributed by atoms with E-state index in [1.807, 2.05) is 91.0 Å². The van der Waals surface area contributed by atoms with Gasteiger partial charge in [0.05, 0.1) is 0 Å². The lowest BCUT2D eigenvalue weighted by Crippen LogP contribution is -2.72. The van der Waals surface area contributed by atoms with Crippen LogP contribution in [0.1, 0.15) is 22.9 Å². The third-order valence-corrected chi connectivity index (χ3v) is 4.83. The lowest BCUT2D eigenvalue weighted by atomic mass is 10.0. The van der Waals surface area contributed by atoms with Crippen LogP contribution < -0.4 is 17.4 Å². The van der Waals surface area contributed by atoms with Crippen molar-refractivity contribution in [3.8, 4) is 0 Å². The average molecular weight is 358 g/mol. The zero-order valence-corrected chi connectivity index (χ0v) is 14.8. The molecule has 0 aromatic heterocycles. The number of hydrogen-bond donors (Lipinski definition) is 3. The first kappa shape index (κ1) is 17.4. The molecule has 6 heteroatoms. The summed E-state index contributed by atoms with van der Waals surface area (Å²) in [5.41, 5.74) is 9.43. The Morgan fingerprint density at radius 3 is 1.85 bits per heavy atom. The summed E-state index contributed by atoms with van der Waals surface area (Å²) in [5.74, 6) is 12.4. The Morgan fingerprint density at radius 1 is 0.741 bits per heavy atom. The van der Waals surface area contributed by atoms with E-state index < -0.39 is 12.0 Å². The molecular formula is C21H22N6. The van der Waals surface area contributed by atoms with Gasteiger partial charge in [0, 0.05) is 11.1 Å². The number of hydrogen-bond acceptors (Lipinski definition) is 6. The minimum atomic E-state index is -1.27. The van der Waals surface area contributed by atoms with Gasteiger partial charge >= 0.3 is 0 Å². The highest BCUT2D eigenvalue weighted by Gasteiger charge is 2.47. The minimum absolute atomic E-state index is 0.480. The van der Waals surface area contributed by atoms with Gasteiger partial charge in [0.1, 0.15) is 12.0 Å². The Bertz CT molecular complexity index is 929. The molecule has 4 rings (SSSR count). The Hall–Kier alpha value is -3.03. The van der Waals surface area contributed by atoms with Crippen LogP contribution in [0.2, 0.25) is 0 Å². The fourth-order valence-electron chi connectivity index (χ4n) is 3.35. The molecule has 1 aliphatic heterocycles. The predicted octanol–water partition coefficient (Wildman–Crippen LogP) is 2.27. The summed E-state index contributed by atoms with van der Waals surface area (Å²) in [5, 5.41) is 2.95. The first-order valence-corrected chi connectivity index (χ1v) is 8.74. The van der Waals surface area contributed by atoms with Crippen molar-refractivity contribution in [3.63, 3.8) is 0 Å². The van der Waals surface area contributed by atoms with Crippen molar-refractivity contribution in [3.05, 3.63) is 108 Å². The number of nitrogens with zero attached hydrogens (tertiary/aromatic N) is 3. The van der Waals surface area contributed by atoms with Crippen LogP contribution in [0.5, 0.6) is 0 Å². The van der Waals surface area contributed by atoms with Crippen LogP contribution in [0.3, 0.4) is 0 Å². The molecule has 27 heavy (non-hydrogen) atoms. The lowest BCUT2D eigenvalue weighted by molar-refractivity contribution is -0.0665. The van der Waals surface area contributed by atoms with Crippen molar-refractivity contribution in [1.82, 2.24) is 10.0 Å². The molecular weight excluding hydrogens is 336 g/mol. The zero-order valence-electron chi connectivity index (χ0n) is 14.8. The van der Waals surface area contributed by atoms with Crippen LogP contribution in [0.15, 0.2) is 96.0 Å². The van der Waals surface area contributed by atoms with Crippen LogP contribution >= 0.6 is 0 Å². The summed E-state index contributed by atoms with van der Waals surface area (Å²) in [6.45, 7) is 0. The zero-order chi connectivity index (χ0) is 18.9. The van der Waals surface area contributed by atoms with E-state index in [1.54, 1.807) is 0 Å². The molecule has 3 aromatic rings. The van der Waals surface area contributed by atoms with E-state index >= 15 is 0 Å². The van der Waals surface area contributed by atoms with Gasteiger partial charge in [0.25, 0.3) is 0 Å². The summed E-state index contributed by atoms with van der Waals surface area (Å²) < 4.78 is 0. The molecule has 0 fully saturated rings. The van der Waals surface area contributed by atoms with E-state index in [-0.39, 0.29) is 0 Å². The smallest absolute Gasteiger partial charge is 0.202 e. The molecule has 0 spiro atoms. The van der Waals surface area contributed by atoms with Crippen LogP contribution in [-0.2, 0) is 5.79 Å². The molecule has 1 aliphatic rings. The van der Waals surface area contributed by atoms with Crippen molar-refractivity contribution in [2.45, 2.75) is 12.0 Å². The molecule has 0 saturated heterocycles. The molecule has 0 aliphatic carbocycles. The molecule has 0 radical (unpaired) electrons. The van der Waals surface area contributed by atoms with Gasteiger partial charge in [-0.05, 0) is 5.56 Å². The third-order valence-electron chi connectivity index (χ3n) is 4.83. The van der Waals surface area contributed by atoms with E-state index in [0.29, 0.717) is 5.84 Å². The van der Waals surface area contributed by atoms with E-state index in [2.05, 4.69) is 0 Å². The molecule has 2 atom stereocenters. The SMILES string of the molecule is NN1C(c2ccccc2)=NC(c2ccccc2)N(N)C1(N)c1ccccc1. The number of nitrogens with two attached hydrogens (primary N) is 3. The highest BCUT2D eigenvalue weighted by Crippen LogP contribution is 2.36. The van der Waals surface area contributed by atoms with Crippen molar-refractivity contribution in [1.29, 1.82) is 0 Å². The van der Waals surface area contributed by atoms with Gasteiger partial charge < -0.3 is 0 Å². The first-order valence-electron chi connectivity index (χ1n) is 8.74. The van der Waals surface area contributed by atoms with Gasteiger partial charge in [-0.15, -0.1) is 0 Å². The topological polar surface area (TPSA) is 96.9 Å². The van der Waals surface area contributed by atoms with Crippen molar-refractivity contribution < 1.29 is 0 Å². The van der Waals surface area contributed by atoms with Crippen molar-refractivity contribution >= 4 is 5.84 Å². The second-order valence-corrected chi connectivity index (χ2v) is 6.47. The Labute approximate surface area is 158 Å². The summed E-state index contributed by atoms with van der Waals surface area (Å²) in [7, 11) is 0. The van der Waals surface area contributed by atoms with E-state index in [0.717, 1.165) is 16.7 Å². The van der Waals surface area contributed by atoms with Gasteiger partial charge in [-0.25, -0.2) is 10.8 Å². The second kappa shape index (κ2) is 6.94. The number of aliphatic imine (C=N–C) groups is 1. The van der Waals surface area contributed by atoms with Crippen LogP contribution in [-0.4, -0.2) is 15.9 Å². The quantitative estimate of drug-likeness (QED) is 0.624. The van der Waals surface area contributed by atoms with Gasteiger partial charge in [0.15, 0.2) is 0 Å². The van der Waals surface area contributed by atoms with Crippen molar-refractivity contribution in [2.75, 3.05) is 0 Å². The molecule has 6 N–H and O–H groups in total. The lowest BCUT2D eigenvalue weighted by Gasteiger charge is -2.50. The summed E-state index contributed by atoms with van der Waals surface area (Å²) >= 11 is 0. The Balaban J connectivity index is 1.91. The minimum Gasteiger partial charge on any atom is -0.290 e. The average Bonchev–Trinajstić information content (AvgIpc) is 2.74. The fraction of sp³-hybridized carbons (Fsp3) is 0.0952. The standard InChI is InChI=1S/C21H22N6/c22-21(18-14-8-3-9-15-18)26(23)19(16-10-4-1-5-11-16)25-20(27(21)24)17-12-6-2-7-13-17/h1-15,19H,22-24H2. The normalized spacial score (nSPS) is 23.1. The van der Waals surface area contributed by atoms with Gasteiger partial charge in [-0.2, -0.15) is 5.01 Å². The molecule has 1 heterocycles. The highest BCUT2D eigenvalue weighted by molar-refractivity contribution is 5.99. The third kappa shape index (κ3) is 2.90. The predicted molar refractivity (Wildman–Crippen MR) is 107 cm³/mol. The largest absolute Gasteiger partial charge is 0.290 e. The molecule has 136 valence electrons. The maximum absolute atomic E-state index is 6.84. The molecule has 0 amide bonds. The van der Waals surface area contributed by atoms with E-state index in [9.17, 15) is 0 Å². The van der Waals surface area contributed by atoms with Crippen LogP contribution in [0.4, 0.5) is 0 Å². The van der Waals surface area contributed by atoms with Gasteiger partial charge in [0.2, 0.25) is 5.79 Å². The number of rotatable bonds is 3. The Morgan fingerprint density at radius 2 is 1.26 bits per heavy atom.